The van der Waals surface area contributed by atoms with Crippen LogP contribution in [-0.2, 0) is 15.6 Å². The number of nitrogens with zero attached hydrogens (tertiary/aromatic N) is 1. The van der Waals surface area contributed by atoms with E-state index in [9.17, 15) is 14.2 Å². The molecule has 1 aromatic heterocycles. The summed E-state index contributed by atoms with van der Waals surface area (Å²) >= 11 is 0. The Morgan fingerprint density at radius 3 is 2.00 bits per heavy atom. The lowest BCUT2D eigenvalue weighted by Crippen LogP contribution is -2.31. The van der Waals surface area contributed by atoms with Gasteiger partial charge < -0.3 is 30.8 Å². The van der Waals surface area contributed by atoms with Crippen LogP contribution in [0.4, 0.5) is 0 Å². The van der Waals surface area contributed by atoms with Gasteiger partial charge in [-0.1, -0.05) is 6.07 Å². The molecule has 0 spiro atoms. The van der Waals surface area contributed by atoms with E-state index < -0.39 is 26.7 Å². The predicted molar refractivity (Wildman–Crippen MR) is 63.0 cm³/mol. The van der Waals surface area contributed by atoms with E-state index in [1.165, 1.54) is 18.3 Å². The maximum absolute atomic E-state index is 11.0. The highest BCUT2D eigenvalue weighted by atomic mass is 31.2. The number of rotatable bonds is 4. The van der Waals surface area contributed by atoms with Gasteiger partial charge in [0.2, 0.25) is 0 Å². The Balaban J connectivity index is 0.00000289. The summed E-state index contributed by atoms with van der Waals surface area (Å²) in [6, 6.07) is 2.75. The minimum absolute atomic E-state index is 0. The van der Waals surface area contributed by atoms with E-state index in [1.54, 1.807) is 0 Å². The Morgan fingerprint density at radius 1 is 1.17 bits per heavy atom. The molecule has 0 aromatic carbocycles. The lowest BCUT2D eigenvalue weighted by Gasteiger charge is -2.29. The molecule has 11 heteroatoms. The zero-order valence-electron chi connectivity index (χ0n) is 9.41. The van der Waals surface area contributed by atoms with Crippen molar-refractivity contribution in [1.29, 1.82) is 0 Å². The summed E-state index contributed by atoms with van der Waals surface area (Å²) in [6.07, 6.45) is 1.63. The molecular weight excluding hydrogens is 286 g/mol. The number of aromatic nitrogens is 1. The maximum atomic E-state index is 11.0. The molecule has 9 nitrogen and oxygen atoms in total. The topological polar surface area (TPSA) is 185 Å². The quantitative estimate of drug-likeness (QED) is 0.419. The molecule has 0 saturated carbocycles. The first-order chi connectivity index (χ1) is 7.58. The molecule has 0 fully saturated rings. The Bertz CT molecular complexity index is 460. The van der Waals surface area contributed by atoms with E-state index in [-0.39, 0.29) is 11.7 Å². The average molecular weight is 301 g/mol. The van der Waals surface area contributed by atoms with E-state index in [4.69, 9.17) is 19.6 Å². The van der Waals surface area contributed by atoms with Gasteiger partial charge in [-0.2, -0.15) is 0 Å². The van der Waals surface area contributed by atoms with Crippen LogP contribution in [0.15, 0.2) is 24.5 Å². The summed E-state index contributed by atoms with van der Waals surface area (Å²) in [5.74, 6) is 0. The van der Waals surface area contributed by atoms with E-state index in [0.29, 0.717) is 0 Å². The van der Waals surface area contributed by atoms with Crippen molar-refractivity contribution in [3.63, 3.8) is 0 Å². The zero-order chi connectivity index (χ0) is 13.3. The van der Waals surface area contributed by atoms with E-state index in [1.807, 2.05) is 0 Å². The molecule has 0 radical (unpaired) electrons. The molecular formula is C7H15N2O7P2+. The van der Waals surface area contributed by atoms with Crippen molar-refractivity contribution in [2.24, 2.45) is 0 Å². The second-order valence-electron chi connectivity index (χ2n) is 3.40. The molecule has 104 valence electrons. The number of quaternary nitrogens is 1. The van der Waals surface area contributed by atoms with Crippen LogP contribution in [0.2, 0.25) is 0 Å². The molecule has 1 aromatic rings. The fraction of sp³-hybridized carbons (Fsp3) is 0.286. The second-order valence-corrected chi connectivity index (χ2v) is 7.41. The first-order valence-corrected chi connectivity index (χ1v) is 7.53. The van der Waals surface area contributed by atoms with Gasteiger partial charge in [0.25, 0.3) is 5.08 Å². The minimum atomic E-state index is -5.41. The van der Waals surface area contributed by atoms with Gasteiger partial charge in [-0.25, -0.2) is 0 Å². The lowest BCUT2D eigenvalue weighted by atomic mass is 10.2. The summed E-state index contributed by atoms with van der Waals surface area (Å²) in [6.45, 7) is 0. The summed E-state index contributed by atoms with van der Waals surface area (Å²) in [5.41, 5.74) is 0.0988. The molecule has 0 aliphatic heterocycles. The third-order valence-corrected chi connectivity index (χ3v) is 5.84. The highest BCUT2D eigenvalue weighted by Gasteiger charge is 2.59. The first kappa shape index (κ1) is 17.4. The summed E-state index contributed by atoms with van der Waals surface area (Å²) in [4.78, 5) is 39.1. The van der Waals surface area contributed by atoms with Crippen molar-refractivity contribution in [1.82, 2.24) is 11.1 Å². The summed E-state index contributed by atoms with van der Waals surface area (Å²) in [5, 5.41) is 6.16. The predicted octanol–water partition coefficient (Wildman–Crippen LogP) is 0.00180. The van der Waals surface area contributed by atoms with Crippen LogP contribution in [-0.4, -0.2) is 34.7 Å². The molecule has 0 saturated heterocycles. The van der Waals surface area contributed by atoms with E-state index >= 15 is 0 Å². The number of pyridine rings is 1. The van der Waals surface area contributed by atoms with Crippen molar-refractivity contribution in [3.05, 3.63) is 30.1 Å². The van der Waals surface area contributed by atoms with Crippen molar-refractivity contribution in [3.8, 4) is 0 Å². The first-order valence-electron chi connectivity index (χ1n) is 4.30. The molecule has 0 unspecified atom stereocenters. The Labute approximate surface area is 102 Å². The van der Waals surface area contributed by atoms with Crippen LogP contribution in [0.1, 0.15) is 5.56 Å². The fourth-order valence-electron chi connectivity index (χ4n) is 1.15. The highest BCUT2D eigenvalue weighted by Crippen LogP contribution is 2.68. The molecule has 0 aliphatic rings. The molecule has 0 amide bonds. The monoisotopic (exact) mass is 301 g/mol. The van der Waals surface area contributed by atoms with Crippen molar-refractivity contribution in [2.45, 2.75) is 11.5 Å². The van der Waals surface area contributed by atoms with Crippen LogP contribution >= 0.6 is 15.2 Å². The smallest absolute Gasteiger partial charge is 0.369 e. The molecule has 0 bridgehead atoms. The Morgan fingerprint density at radius 2 is 1.67 bits per heavy atom. The van der Waals surface area contributed by atoms with Crippen LogP contribution in [0.5, 0.6) is 0 Å². The SMILES string of the molecule is O=P(O)(O)C(O)(Cc1cccnc1)P(=O)(O)O.[NH4+]. The maximum Gasteiger partial charge on any atom is 0.369 e. The van der Waals surface area contributed by atoms with Crippen LogP contribution in [0.25, 0.3) is 0 Å². The summed E-state index contributed by atoms with van der Waals surface area (Å²) < 4.78 is 22.1. The van der Waals surface area contributed by atoms with Crippen molar-refractivity contribution >= 4 is 15.2 Å². The molecule has 1 rings (SSSR count). The molecule has 0 atom stereocenters. The highest BCUT2D eigenvalue weighted by molar-refractivity contribution is 7.72. The van der Waals surface area contributed by atoms with Gasteiger partial charge in [0.1, 0.15) is 0 Å². The van der Waals surface area contributed by atoms with Gasteiger partial charge in [-0.3, -0.25) is 14.1 Å². The Hall–Kier alpha value is -0.630. The van der Waals surface area contributed by atoms with E-state index in [0.717, 1.165) is 6.20 Å². The molecule has 18 heavy (non-hydrogen) atoms. The van der Waals surface area contributed by atoms with E-state index in [2.05, 4.69) is 4.98 Å². The van der Waals surface area contributed by atoms with Gasteiger partial charge in [-0.05, 0) is 11.6 Å². The van der Waals surface area contributed by atoms with Crippen molar-refractivity contribution in [2.75, 3.05) is 0 Å². The Kier molecular flexibility index (Phi) is 5.37. The molecule has 0 aliphatic carbocycles. The fourth-order valence-corrected chi connectivity index (χ4v) is 3.29. The van der Waals surface area contributed by atoms with Crippen LogP contribution in [0, 0.1) is 0 Å². The lowest BCUT2D eigenvalue weighted by molar-refractivity contribution is 0.131. The largest absolute Gasteiger partial charge is 0.369 e. The number of hydrogen-bond acceptors (Lipinski definition) is 4. The molecule has 9 N–H and O–H groups in total. The van der Waals surface area contributed by atoms with Gasteiger partial charge in [0, 0.05) is 18.8 Å². The number of hydrogen-bond donors (Lipinski definition) is 6. The molecule has 1 heterocycles. The third-order valence-electron chi connectivity index (χ3n) is 2.10. The van der Waals surface area contributed by atoms with Gasteiger partial charge in [-0.15, -0.1) is 0 Å². The standard InChI is InChI=1S/C7H11NO7P2.H3N/c9-7(16(10,11)12,17(13,14)15)4-6-2-1-3-8-5-6;/h1-3,5,9H,4H2,(H2,10,11,12)(H2,13,14,15);1H3/p+1. The second kappa shape index (κ2) is 5.56. The number of aliphatic hydroxyl groups is 1. The third kappa shape index (κ3) is 3.44. The van der Waals surface area contributed by atoms with Gasteiger partial charge >= 0.3 is 15.2 Å². The van der Waals surface area contributed by atoms with Gasteiger partial charge in [0.15, 0.2) is 0 Å². The average Bonchev–Trinajstić information content (AvgIpc) is 2.15. The normalized spacial score (nSPS) is 12.9. The van der Waals surface area contributed by atoms with Gasteiger partial charge in [0.05, 0.1) is 0 Å². The minimum Gasteiger partial charge on any atom is -0.369 e. The van der Waals surface area contributed by atoms with Crippen molar-refractivity contribution < 1.29 is 33.8 Å². The van der Waals surface area contributed by atoms with Crippen LogP contribution in [0.3, 0.4) is 0 Å². The summed E-state index contributed by atoms with van der Waals surface area (Å²) in [7, 11) is -10.8. The van der Waals surface area contributed by atoms with Crippen LogP contribution < -0.4 is 6.15 Å². The zero-order valence-corrected chi connectivity index (χ0v) is 11.2.